The first-order valence-electron chi connectivity index (χ1n) is 5.50. The van der Waals surface area contributed by atoms with Crippen molar-refractivity contribution in [1.29, 1.82) is 0 Å². The van der Waals surface area contributed by atoms with Gasteiger partial charge in [-0.1, -0.05) is 25.4 Å². The van der Waals surface area contributed by atoms with Crippen molar-refractivity contribution in [3.05, 3.63) is 11.3 Å². The zero-order valence-electron chi connectivity index (χ0n) is 9.70. The van der Waals surface area contributed by atoms with Crippen molar-refractivity contribution in [3.8, 4) is 0 Å². The van der Waals surface area contributed by atoms with Gasteiger partial charge in [0.25, 0.3) is 0 Å². The minimum absolute atomic E-state index is 0.307. The van der Waals surface area contributed by atoms with Crippen molar-refractivity contribution < 1.29 is 0 Å². The van der Waals surface area contributed by atoms with E-state index < -0.39 is 0 Å². The summed E-state index contributed by atoms with van der Waals surface area (Å²) < 4.78 is 0. The number of rotatable bonds is 1. The summed E-state index contributed by atoms with van der Waals surface area (Å²) >= 11 is 6.13. The van der Waals surface area contributed by atoms with Crippen molar-refractivity contribution in [3.63, 3.8) is 0 Å². The lowest BCUT2D eigenvalue weighted by Crippen LogP contribution is -2.40. The number of piperidine rings is 1. The molecule has 0 amide bonds. The summed E-state index contributed by atoms with van der Waals surface area (Å²) in [5.41, 5.74) is 5.99. The Bertz CT molecular complexity index is 392. The molecule has 0 saturated carbocycles. The molecular formula is C11H17ClN4. The molecule has 0 radical (unpaired) electrons. The van der Waals surface area contributed by atoms with Crippen molar-refractivity contribution in [1.82, 2.24) is 9.97 Å². The number of hydrogen-bond donors (Lipinski definition) is 1. The minimum atomic E-state index is 0.307. The van der Waals surface area contributed by atoms with Crippen molar-refractivity contribution in [2.75, 3.05) is 23.7 Å². The largest absolute Gasteiger partial charge is 0.382 e. The number of anilines is 2. The Kier molecular flexibility index (Phi) is 2.93. The van der Waals surface area contributed by atoms with E-state index in [0.29, 0.717) is 16.3 Å². The van der Waals surface area contributed by atoms with Gasteiger partial charge in [0, 0.05) is 13.1 Å². The smallest absolute Gasteiger partial charge is 0.153 e. The SMILES string of the molecule is CC1(C)CCCN(c2ncnc(N)c2Cl)C1. The number of nitrogen functional groups attached to an aromatic ring is 1. The average molecular weight is 241 g/mol. The molecule has 0 spiro atoms. The van der Waals surface area contributed by atoms with Crippen LogP contribution in [0.1, 0.15) is 26.7 Å². The standard InChI is InChI=1S/C11H17ClN4/c1-11(2)4-3-5-16(6-11)10-8(12)9(13)14-7-15-10/h7H,3-6H2,1-2H3,(H2,13,14,15). The van der Waals surface area contributed by atoms with Gasteiger partial charge >= 0.3 is 0 Å². The van der Waals surface area contributed by atoms with Gasteiger partial charge in [-0.2, -0.15) is 0 Å². The fourth-order valence-electron chi connectivity index (χ4n) is 2.20. The van der Waals surface area contributed by atoms with Gasteiger partial charge in [-0.05, 0) is 18.3 Å². The number of halogens is 1. The van der Waals surface area contributed by atoms with Crippen LogP contribution in [0.5, 0.6) is 0 Å². The Morgan fingerprint density at radius 3 is 2.88 bits per heavy atom. The topological polar surface area (TPSA) is 55.0 Å². The summed E-state index contributed by atoms with van der Waals surface area (Å²) in [6, 6.07) is 0. The van der Waals surface area contributed by atoms with Crippen molar-refractivity contribution in [2.24, 2.45) is 5.41 Å². The van der Waals surface area contributed by atoms with E-state index in [1.54, 1.807) is 0 Å². The fraction of sp³-hybridized carbons (Fsp3) is 0.636. The quantitative estimate of drug-likeness (QED) is 0.819. The molecule has 2 rings (SSSR count). The van der Waals surface area contributed by atoms with Crippen LogP contribution in [0.4, 0.5) is 11.6 Å². The van der Waals surface area contributed by atoms with Gasteiger partial charge in [0.1, 0.15) is 17.2 Å². The molecule has 1 aromatic heterocycles. The summed E-state index contributed by atoms with van der Waals surface area (Å²) in [5, 5.41) is 0.472. The second-order valence-electron chi connectivity index (χ2n) is 5.09. The molecule has 88 valence electrons. The molecule has 0 aromatic carbocycles. The summed E-state index contributed by atoms with van der Waals surface area (Å²) in [6.45, 7) is 6.47. The van der Waals surface area contributed by atoms with Crippen LogP contribution in [0.2, 0.25) is 5.02 Å². The van der Waals surface area contributed by atoms with Gasteiger partial charge in [-0.3, -0.25) is 0 Å². The highest BCUT2D eigenvalue weighted by atomic mass is 35.5. The van der Waals surface area contributed by atoms with Gasteiger partial charge in [0.15, 0.2) is 5.82 Å². The zero-order chi connectivity index (χ0) is 11.8. The highest BCUT2D eigenvalue weighted by molar-refractivity contribution is 6.35. The number of aromatic nitrogens is 2. The highest BCUT2D eigenvalue weighted by Gasteiger charge is 2.28. The molecule has 1 aromatic rings. The van der Waals surface area contributed by atoms with E-state index in [9.17, 15) is 0 Å². The normalized spacial score (nSPS) is 19.8. The molecule has 0 atom stereocenters. The minimum Gasteiger partial charge on any atom is -0.382 e. The molecule has 1 aliphatic heterocycles. The average Bonchev–Trinajstić information content (AvgIpc) is 2.20. The number of nitrogens with two attached hydrogens (primary N) is 1. The first-order valence-corrected chi connectivity index (χ1v) is 5.88. The second-order valence-corrected chi connectivity index (χ2v) is 5.46. The van der Waals surface area contributed by atoms with Gasteiger partial charge in [0.2, 0.25) is 0 Å². The Hall–Kier alpha value is -1.03. The third-order valence-corrected chi connectivity index (χ3v) is 3.36. The molecule has 1 fully saturated rings. The first-order chi connectivity index (χ1) is 7.49. The summed E-state index contributed by atoms with van der Waals surface area (Å²) in [4.78, 5) is 10.3. The monoisotopic (exact) mass is 240 g/mol. The van der Waals surface area contributed by atoms with Crippen molar-refractivity contribution >= 4 is 23.2 Å². The van der Waals surface area contributed by atoms with Gasteiger partial charge in [0.05, 0.1) is 0 Å². The molecule has 5 heteroatoms. The number of hydrogen-bond acceptors (Lipinski definition) is 4. The summed E-state index contributed by atoms with van der Waals surface area (Å²) in [6.07, 6.45) is 3.87. The Morgan fingerprint density at radius 2 is 2.19 bits per heavy atom. The molecule has 0 unspecified atom stereocenters. The maximum atomic E-state index is 6.13. The summed E-state index contributed by atoms with van der Waals surface area (Å²) in [7, 11) is 0. The zero-order valence-corrected chi connectivity index (χ0v) is 10.5. The van der Waals surface area contributed by atoms with Gasteiger partial charge in [-0.15, -0.1) is 0 Å². The van der Waals surface area contributed by atoms with Crippen LogP contribution in [0.25, 0.3) is 0 Å². The summed E-state index contributed by atoms with van der Waals surface area (Å²) in [5.74, 6) is 1.12. The first kappa shape index (κ1) is 11.5. The molecule has 2 heterocycles. The van der Waals surface area contributed by atoms with E-state index in [4.69, 9.17) is 17.3 Å². The molecule has 1 aliphatic rings. The highest BCUT2D eigenvalue weighted by Crippen LogP contribution is 2.34. The lowest BCUT2D eigenvalue weighted by Gasteiger charge is -2.38. The molecule has 2 N–H and O–H groups in total. The molecular weight excluding hydrogens is 224 g/mol. The second kappa shape index (κ2) is 4.09. The Labute approximate surface area is 101 Å². The molecule has 0 bridgehead atoms. The van der Waals surface area contributed by atoms with Crippen LogP contribution in [0, 0.1) is 5.41 Å². The van der Waals surface area contributed by atoms with E-state index >= 15 is 0 Å². The van der Waals surface area contributed by atoms with Crippen molar-refractivity contribution in [2.45, 2.75) is 26.7 Å². The van der Waals surface area contributed by atoms with Gasteiger partial charge in [-0.25, -0.2) is 9.97 Å². The predicted molar refractivity (Wildman–Crippen MR) is 66.7 cm³/mol. The third-order valence-electron chi connectivity index (χ3n) is 3.00. The fourth-order valence-corrected chi connectivity index (χ4v) is 2.42. The molecule has 16 heavy (non-hydrogen) atoms. The Balaban J connectivity index is 2.27. The third kappa shape index (κ3) is 2.21. The number of nitrogens with zero attached hydrogens (tertiary/aromatic N) is 3. The van der Waals surface area contributed by atoms with E-state index in [2.05, 4.69) is 28.7 Å². The van der Waals surface area contributed by atoms with Crippen LogP contribution in [0.15, 0.2) is 6.33 Å². The Morgan fingerprint density at radius 1 is 1.44 bits per heavy atom. The van der Waals surface area contributed by atoms with Crippen LogP contribution in [-0.4, -0.2) is 23.1 Å². The predicted octanol–water partition coefficient (Wildman–Crippen LogP) is 2.34. The van der Waals surface area contributed by atoms with Crippen LogP contribution >= 0.6 is 11.6 Å². The maximum absolute atomic E-state index is 6.13. The molecule has 4 nitrogen and oxygen atoms in total. The van der Waals surface area contributed by atoms with Gasteiger partial charge < -0.3 is 10.6 Å². The molecule has 0 aliphatic carbocycles. The van der Waals surface area contributed by atoms with Crippen LogP contribution in [-0.2, 0) is 0 Å². The van der Waals surface area contributed by atoms with Crippen LogP contribution in [0.3, 0.4) is 0 Å². The van der Waals surface area contributed by atoms with Crippen LogP contribution < -0.4 is 10.6 Å². The molecule has 1 saturated heterocycles. The lowest BCUT2D eigenvalue weighted by atomic mass is 9.84. The maximum Gasteiger partial charge on any atom is 0.153 e. The lowest BCUT2D eigenvalue weighted by molar-refractivity contribution is 0.292. The van der Waals surface area contributed by atoms with E-state index in [1.165, 1.54) is 12.7 Å². The van der Waals surface area contributed by atoms with E-state index in [0.717, 1.165) is 25.3 Å². The van der Waals surface area contributed by atoms with E-state index in [-0.39, 0.29) is 0 Å². The van der Waals surface area contributed by atoms with E-state index in [1.807, 2.05) is 0 Å².